The number of halogens is 2. The van der Waals surface area contributed by atoms with Crippen molar-refractivity contribution in [2.45, 2.75) is 82.9 Å². The predicted octanol–water partition coefficient (Wildman–Crippen LogP) is 8.56. The van der Waals surface area contributed by atoms with E-state index < -0.39 is 29.9 Å². The molecule has 9 rings (SSSR count). The Morgan fingerprint density at radius 1 is 0.961 bits per heavy atom. The summed E-state index contributed by atoms with van der Waals surface area (Å²) in [4.78, 5) is 57.4. The van der Waals surface area contributed by atoms with E-state index in [2.05, 4.69) is 33.8 Å². The highest BCUT2D eigenvalue weighted by molar-refractivity contribution is 6.35. The van der Waals surface area contributed by atoms with Gasteiger partial charge in [-0.05, 0) is 107 Å². The first-order valence-electron chi connectivity index (χ1n) is 26.1. The quantitative estimate of drug-likeness (QED) is 0.0770. The molecule has 3 fully saturated rings. The summed E-state index contributed by atoms with van der Waals surface area (Å²) in [5.41, 5.74) is 1.84. The molecule has 0 radical (unpaired) electrons. The van der Waals surface area contributed by atoms with Crippen LogP contribution in [0, 0.1) is 40.3 Å². The number of hydrogen-bond acceptors (Lipinski definition) is 15. The van der Waals surface area contributed by atoms with Crippen molar-refractivity contribution in [1.29, 1.82) is 10.5 Å². The number of fused-ring (bicyclic) bond motifs is 2. The fourth-order valence-electron chi connectivity index (χ4n) is 11.0. The minimum atomic E-state index is -0.841. The number of piperazine rings is 1. The number of aliphatic hydroxyl groups is 1. The summed E-state index contributed by atoms with van der Waals surface area (Å²) in [6.07, 6.45) is 2.39. The Labute approximate surface area is 451 Å². The third-order valence-electron chi connectivity index (χ3n) is 15.1. The molecular formula is C58H61ClFN9O8. The number of benzene rings is 4. The Morgan fingerprint density at radius 2 is 1.73 bits per heavy atom. The zero-order chi connectivity index (χ0) is 54.5. The number of hydrogen-bond donors (Lipinski definition) is 2. The Bertz CT molecular complexity index is 3260. The molecule has 0 spiro atoms. The molecule has 400 valence electrons. The number of ether oxygens (including phenoxy) is 2. The number of phenolic OH excluding ortho intramolecular Hbond substituents is 1. The second kappa shape index (κ2) is 23.7. The zero-order valence-corrected chi connectivity index (χ0v) is 44.0. The number of Topliss-reactive ketones (excluding diaryl/α,β-unsaturated/α-hetero) is 1. The van der Waals surface area contributed by atoms with Crippen LogP contribution in [-0.2, 0) is 14.4 Å². The Morgan fingerprint density at radius 3 is 2.45 bits per heavy atom. The largest absolute Gasteiger partial charge is 0.508 e. The SMILES string of the molecule is C=CC(=O)N1CCN(c2nc(OCCN3CCC(COc4cc([C@@H](C(=O)N5C[C@H](O)C[C@H]5C(=O)C[C@@H](C)c5ccc(C#N)cc5)C(C)C)on4)CC3)nc3c(F)c(-c4cc(O)cc5ccccc45)c(Cl)cc23)C[C@@H]1CC#N. The fourth-order valence-corrected chi connectivity index (χ4v) is 11.3. The lowest BCUT2D eigenvalue weighted by atomic mass is 9.89. The maximum Gasteiger partial charge on any atom is 0.319 e. The molecule has 77 heavy (non-hydrogen) atoms. The van der Waals surface area contributed by atoms with Gasteiger partial charge in [-0.25, -0.2) is 4.39 Å². The topological polar surface area (TPSA) is 222 Å². The van der Waals surface area contributed by atoms with E-state index in [1.165, 1.54) is 17.0 Å². The van der Waals surface area contributed by atoms with Gasteiger partial charge in [0.05, 0.1) is 53.9 Å². The molecule has 17 nitrogen and oxygen atoms in total. The van der Waals surface area contributed by atoms with Crippen LogP contribution in [0.3, 0.4) is 0 Å². The van der Waals surface area contributed by atoms with Gasteiger partial charge in [-0.1, -0.05) is 75.3 Å². The van der Waals surface area contributed by atoms with Crippen molar-refractivity contribution in [3.05, 3.63) is 113 Å². The highest BCUT2D eigenvalue weighted by Gasteiger charge is 2.43. The average Bonchev–Trinajstić information content (AvgIpc) is 4.07. The summed E-state index contributed by atoms with van der Waals surface area (Å²) in [7, 11) is 0. The van der Waals surface area contributed by atoms with Gasteiger partial charge >= 0.3 is 6.01 Å². The van der Waals surface area contributed by atoms with Crippen LogP contribution in [0.4, 0.5) is 10.2 Å². The van der Waals surface area contributed by atoms with E-state index >= 15 is 4.39 Å². The van der Waals surface area contributed by atoms with Crippen LogP contribution in [0.25, 0.3) is 32.8 Å². The predicted molar refractivity (Wildman–Crippen MR) is 287 cm³/mol. The van der Waals surface area contributed by atoms with Gasteiger partial charge in [0.2, 0.25) is 11.8 Å². The molecule has 2 N–H and O–H groups in total. The lowest BCUT2D eigenvalue weighted by molar-refractivity contribution is -0.140. The minimum absolute atomic E-state index is 0.0338. The van der Waals surface area contributed by atoms with Crippen molar-refractivity contribution >= 4 is 56.7 Å². The Kier molecular flexibility index (Phi) is 16.7. The number of amides is 2. The maximum absolute atomic E-state index is 17.2. The number of ketones is 1. The molecule has 6 aromatic rings. The molecule has 0 bridgehead atoms. The molecule has 0 saturated carbocycles. The molecular weight excluding hydrogens is 1010 g/mol. The third-order valence-corrected chi connectivity index (χ3v) is 15.4. The first kappa shape index (κ1) is 54.2. The normalized spacial score (nSPS) is 19.0. The first-order valence-corrected chi connectivity index (χ1v) is 26.4. The van der Waals surface area contributed by atoms with Crippen LogP contribution in [0.1, 0.15) is 81.6 Å². The van der Waals surface area contributed by atoms with Crippen LogP contribution < -0.4 is 14.4 Å². The van der Waals surface area contributed by atoms with E-state index in [0.29, 0.717) is 58.6 Å². The number of β-amino-alcohol motifs (C(OH)–C–C–N with tert-alkyl or cyclic N) is 1. The number of aromatic hydroxyl groups is 1. The molecule has 0 aliphatic carbocycles. The van der Waals surface area contributed by atoms with E-state index in [1.54, 1.807) is 35.2 Å². The number of piperidine rings is 1. The highest BCUT2D eigenvalue weighted by Crippen LogP contribution is 2.43. The number of carbonyl (C=O) groups is 3. The van der Waals surface area contributed by atoms with Crippen molar-refractivity contribution < 1.29 is 43.0 Å². The molecule has 0 unspecified atom stereocenters. The first-order chi connectivity index (χ1) is 37.1. The van der Waals surface area contributed by atoms with Gasteiger partial charge in [0.15, 0.2) is 17.4 Å². The second-order valence-electron chi connectivity index (χ2n) is 20.6. The van der Waals surface area contributed by atoms with Gasteiger partial charge < -0.3 is 38.9 Å². The van der Waals surface area contributed by atoms with Crippen molar-refractivity contribution in [3.63, 3.8) is 0 Å². The second-order valence-corrected chi connectivity index (χ2v) is 21.0. The van der Waals surface area contributed by atoms with Gasteiger partial charge in [0, 0.05) is 62.6 Å². The number of rotatable bonds is 18. The number of phenols is 1. The number of carbonyl (C=O) groups excluding carboxylic acids is 3. The smallest absolute Gasteiger partial charge is 0.319 e. The molecule has 5 atom stereocenters. The average molecular weight is 1070 g/mol. The monoisotopic (exact) mass is 1070 g/mol. The zero-order valence-electron chi connectivity index (χ0n) is 43.3. The van der Waals surface area contributed by atoms with Gasteiger partial charge in [0.25, 0.3) is 5.88 Å². The van der Waals surface area contributed by atoms with Crippen LogP contribution in [0.15, 0.2) is 90.0 Å². The van der Waals surface area contributed by atoms with E-state index in [1.807, 2.05) is 62.1 Å². The highest BCUT2D eigenvalue weighted by atomic mass is 35.5. The Hall–Kier alpha value is -7.64. The van der Waals surface area contributed by atoms with Gasteiger partial charge in [0.1, 0.15) is 29.6 Å². The van der Waals surface area contributed by atoms with Crippen LogP contribution in [-0.4, -0.2) is 135 Å². The summed E-state index contributed by atoms with van der Waals surface area (Å²) in [5.74, 6) is -1.56. The van der Waals surface area contributed by atoms with Crippen molar-refractivity contribution in [3.8, 4) is 40.9 Å². The lowest BCUT2D eigenvalue weighted by Gasteiger charge is -2.41. The molecule has 5 heterocycles. The van der Waals surface area contributed by atoms with Crippen LogP contribution in [0.5, 0.6) is 17.6 Å². The Balaban J connectivity index is 0.834. The third kappa shape index (κ3) is 11.9. The molecule has 19 heteroatoms. The number of anilines is 1. The van der Waals surface area contributed by atoms with Crippen molar-refractivity contribution in [2.24, 2.45) is 11.8 Å². The van der Waals surface area contributed by atoms with E-state index in [9.17, 15) is 35.1 Å². The molecule has 2 amide bonds. The summed E-state index contributed by atoms with van der Waals surface area (Å²) in [6.45, 7) is 12.8. The molecule has 3 aliphatic heterocycles. The number of aromatic nitrogens is 3. The van der Waals surface area contributed by atoms with Gasteiger partial charge in [-0.15, -0.1) is 0 Å². The number of nitriles is 2. The van der Waals surface area contributed by atoms with Crippen molar-refractivity contribution in [2.75, 3.05) is 63.9 Å². The van der Waals surface area contributed by atoms with Crippen LogP contribution >= 0.6 is 11.6 Å². The van der Waals surface area contributed by atoms with E-state index in [4.69, 9.17) is 30.6 Å². The lowest BCUT2D eigenvalue weighted by Crippen LogP contribution is -2.55. The summed E-state index contributed by atoms with van der Waals surface area (Å²) >= 11 is 6.95. The maximum atomic E-state index is 17.2. The minimum Gasteiger partial charge on any atom is -0.508 e. The standard InChI is InChI=1S/C58H61ClFN9O8/c1-5-51(73)68-21-20-67(31-40(68)14-17-61)56-45-28-46(59)53(44-26-41(70)25-39-8-6-7-9-43(39)44)54(60)55(45)63-58(64-56)75-23-22-66-18-15-37(16-19-66)33-76-50-29-49(77-65-50)52(34(2)3)57(74)69-32-42(71)27-47(69)48(72)24-35(4)38-12-10-36(30-62)11-13-38/h5-13,25-26,28-29,34-35,37,40,42,47,52,70-71H,1,14-16,18-24,27,31-33H2,2-4H3/t35-,40+,42-,47+,52+/m1/s1. The van der Waals surface area contributed by atoms with E-state index in [0.717, 1.165) is 31.5 Å². The van der Waals surface area contributed by atoms with Gasteiger partial charge in [-0.2, -0.15) is 20.5 Å². The van der Waals surface area contributed by atoms with Crippen LogP contribution in [0.2, 0.25) is 5.02 Å². The summed E-state index contributed by atoms with van der Waals surface area (Å²) in [6, 6.07) is 23.7. The number of aliphatic hydroxyl groups excluding tert-OH is 1. The molecule has 3 aliphatic rings. The molecule has 4 aromatic carbocycles. The van der Waals surface area contributed by atoms with E-state index in [-0.39, 0.29) is 115 Å². The number of nitrogens with zero attached hydrogens (tertiary/aromatic N) is 9. The van der Waals surface area contributed by atoms with Gasteiger partial charge in [-0.3, -0.25) is 19.3 Å². The number of likely N-dealkylation sites (tertiary alicyclic amines) is 2. The molecule has 2 aromatic heterocycles. The fraction of sp³-hybridized carbons (Fsp3) is 0.414. The van der Waals surface area contributed by atoms with Crippen molar-refractivity contribution in [1.82, 2.24) is 29.8 Å². The molecule has 3 saturated heterocycles. The summed E-state index contributed by atoms with van der Waals surface area (Å²) in [5, 5.41) is 46.2. The summed E-state index contributed by atoms with van der Waals surface area (Å²) < 4.78 is 35.3.